The lowest BCUT2D eigenvalue weighted by atomic mass is 9.69. The molecule has 0 aliphatic heterocycles. The molecule has 2 atom stereocenters. The van der Waals surface area contributed by atoms with Gasteiger partial charge in [0, 0.05) is 12.8 Å². The first kappa shape index (κ1) is 7.33. The van der Waals surface area contributed by atoms with Gasteiger partial charge in [-0.05, 0) is 30.6 Å². The van der Waals surface area contributed by atoms with Crippen LogP contribution in [-0.2, 0) is 4.79 Å². The second kappa shape index (κ2) is 2.33. The number of Topliss-reactive ketones (excluding diaryl/α,β-unsaturated/α-hetero) is 1. The molecule has 1 heteroatoms. The molecule has 0 N–H and O–H groups in total. The second-order valence-electron chi connectivity index (χ2n) is 4.49. The molecule has 2 aliphatic rings. The Morgan fingerprint density at radius 3 is 3.09 bits per heavy atom. The van der Waals surface area contributed by atoms with Crippen LogP contribution in [0.25, 0.3) is 0 Å². The van der Waals surface area contributed by atoms with E-state index in [1.54, 1.807) is 0 Å². The Bertz CT molecular complexity index is 185. The van der Waals surface area contributed by atoms with Gasteiger partial charge in [0.15, 0.2) is 0 Å². The molecule has 62 valence electrons. The molecule has 0 spiro atoms. The van der Waals surface area contributed by atoms with Crippen LogP contribution in [0.4, 0.5) is 0 Å². The van der Waals surface area contributed by atoms with Gasteiger partial charge in [0.1, 0.15) is 5.78 Å². The highest BCUT2D eigenvalue weighted by Gasteiger charge is 2.42. The Kier molecular flexibility index (Phi) is 1.55. The zero-order valence-electron chi connectivity index (χ0n) is 7.23. The fourth-order valence-corrected chi connectivity index (χ4v) is 2.78. The molecule has 2 saturated carbocycles. The Labute approximate surface area is 68.2 Å². The van der Waals surface area contributed by atoms with Crippen molar-refractivity contribution < 1.29 is 4.79 Å². The lowest BCUT2D eigenvalue weighted by Crippen LogP contribution is -2.29. The van der Waals surface area contributed by atoms with Gasteiger partial charge < -0.3 is 0 Å². The highest BCUT2D eigenvalue weighted by Crippen LogP contribution is 2.50. The summed E-state index contributed by atoms with van der Waals surface area (Å²) in [5.41, 5.74) is 0.550. The Hall–Kier alpha value is -0.330. The highest BCUT2D eigenvalue weighted by molar-refractivity contribution is 5.79. The number of fused-ring (bicyclic) bond motifs is 1. The van der Waals surface area contributed by atoms with Gasteiger partial charge in [-0.3, -0.25) is 4.79 Å². The third kappa shape index (κ3) is 1.11. The maximum absolute atomic E-state index is 11.1. The van der Waals surface area contributed by atoms with E-state index < -0.39 is 0 Å². The van der Waals surface area contributed by atoms with E-state index in [4.69, 9.17) is 0 Å². The van der Waals surface area contributed by atoms with Gasteiger partial charge in [0.25, 0.3) is 0 Å². The summed E-state index contributed by atoms with van der Waals surface area (Å²) in [6.07, 6.45) is 6.93. The van der Waals surface area contributed by atoms with Crippen LogP contribution < -0.4 is 0 Å². The van der Waals surface area contributed by atoms with Crippen LogP contribution in [0.15, 0.2) is 0 Å². The molecular weight excluding hydrogens is 136 g/mol. The van der Waals surface area contributed by atoms with E-state index in [9.17, 15) is 4.79 Å². The maximum atomic E-state index is 11.1. The minimum Gasteiger partial charge on any atom is -0.300 e. The van der Waals surface area contributed by atoms with Crippen LogP contribution in [0.1, 0.15) is 45.4 Å². The molecule has 0 saturated heterocycles. The fourth-order valence-electron chi connectivity index (χ4n) is 2.78. The van der Waals surface area contributed by atoms with Gasteiger partial charge in [-0.15, -0.1) is 0 Å². The summed E-state index contributed by atoms with van der Waals surface area (Å²) in [6, 6.07) is 0. The minimum absolute atomic E-state index is 0.509. The van der Waals surface area contributed by atoms with Crippen molar-refractivity contribution in [1.82, 2.24) is 0 Å². The Morgan fingerprint density at radius 1 is 1.45 bits per heavy atom. The third-order valence-electron chi connectivity index (χ3n) is 3.74. The first-order chi connectivity index (χ1) is 5.21. The molecular formula is C10H16O. The number of rotatable bonds is 0. The largest absolute Gasteiger partial charge is 0.300 e. The SMILES string of the molecule is C[C@]12CCC[C@H]1CC(=O)CC2. The van der Waals surface area contributed by atoms with E-state index in [1.807, 2.05) is 0 Å². The highest BCUT2D eigenvalue weighted by atomic mass is 16.1. The first-order valence-electron chi connectivity index (χ1n) is 4.72. The van der Waals surface area contributed by atoms with E-state index in [2.05, 4.69) is 6.92 Å². The Morgan fingerprint density at radius 2 is 2.27 bits per heavy atom. The molecule has 0 amide bonds. The lowest BCUT2D eigenvalue weighted by Gasteiger charge is -2.35. The van der Waals surface area contributed by atoms with Gasteiger partial charge >= 0.3 is 0 Å². The first-order valence-corrected chi connectivity index (χ1v) is 4.72. The molecule has 0 aromatic rings. The van der Waals surface area contributed by atoms with Crippen molar-refractivity contribution in [3.63, 3.8) is 0 Å². The molecule has 2 fully saturated rings. The van der Waals surface area contributed by atoms with Gasteiger partial charge in [0.05, 0.1) is 0 Å². The maximum Gasteiger partial charge on any atom is 0.133 e. The van der Waals surface area contributed by atoms with Crippen molar-refractivity contribution >= 4 is 5.78 Å². The summed E-state index contributed by atoms with van der Waals surface area (Å²) >= 11 is 0. The average molecular weight is 152 g/mol. The Balaban J connectivity index is 2.14. The number of hydrogen-bond acceptors (Lipinski definition) is 1. The molecule has 0 heterocycles. The van der Waals surface area contributed by atoms with Crippen LogP contribution >= 0.6 is 0 Å². The molecule has 0 aromatic heterocycles. The van der Waals surface area contributed by atoms with Crippen molar-refractivity contribution in [2.24, 2.45) is 11.3 Å². The van der Waals surface area contributed by atoms with Gasteiger partial charge in [-0.25, -0.2) is 0 Å². The van der Waals surface area contributed by atoms with Gasteiger partial charge in [-0.1, -0.05) is 13.3 Å². The second-order valence-corrected chi connectivity index (χ2v) is 4.49. The van der Waals surface area contributed by atoms with E-state index in [-0.39, 0.29) is 0 Å². The third-order valence-corrected chi connectivity index (χ3v) is 3.74. The van der Waals surface area contributed by atoms with E-state index >= 15 is 0 Å². The van der Waals surface area contributed by atoms with Crippen LogP contribution in [-0.4, -0.2) is 5.78 Å². The molecule has 11 heavy (non-hydrogen) atoms. The van der Waals surface area contributed by atoms with Crippen molar-refractivity contribution in [3.05, 3.63) is 0 Å². The predicted octanol–water partition coefficient (Wildman–Crippen LogP) is 2.55. The normalized spacial score (nSPS) is 44.1. The molecule has 0 bridgehead atoms. The summed E-state index contributed by atoms with van der Waals surface area (Å²) in [5, 5.41) is 0. The minimum atomic E-state index is 0.509. The van der Waals surface area contributed by atoms with Crippen molar-refractivity contribution in [1.29, 1.82) is 0 Å². The molecule has 0 radical (unpaired) electrons. The van der Waals surface area contributed by atoms with Crippen LogP contribution in [0.3, 0.4) is 0 Å². The smallest absolute Gasteiger partial charge is 0.133 e. The summed E-state index contributed by atoms with van der Waals surface area (Å²) in [5.74, 6) is 1.25. The monoisotopic (exact) mass is 152 g/mol. The molecule has 0 aromatic carbocycles. The van der Waals surface area contributed by atoms with Crippen molar-refractivity contribution in [3.8, 4) is 0 Å². The lowest BCUT2D eigenvalue weighted by molar-refractivity contribution is -0.124. The molecule has 0 unspecified atom stereocenters. The number of hydrogen-bond donors (Lipinski definition) is 0. The number of carbonyl (C=O) groups is 1. The number of ketones is 1. The van der Waals surface area contributed by atoms with Crippen molar-refractivity contribution in [2.45, 2.75) is 45.4 Å². The molecule has 1 nitrogen and oxygen atoms in total. The summed E-state index contributed by atoms with van der Waals surface area (Å²) in [7, 11) is 0. The van der Waals surface area contributed by atoms with Crippen LogP contribution in [0.2, 0.25) is 0 Å². The molecule has 2 rings (SSSR count). The average Bonchev–Trinajstić information content (AvgIpc) is 2.31. The van der Waals surface area contributed by atoms with Crippen molar-refractivity contribution in [2.75, 3.05) is 0 Å². The topological polar surface area (TPSA) is 17.1 Å². The summed E-state index contributed by atoms with van der Waals surface area (Å²) < 4.78 is 0. The van der Waals surface area contributed by atoms with E-state index in [1.165, 1.54) is 19.3 Å². The summed E-state index contributed by atoms with van der Waals surface area (Å²) in [4.78, 5) is 11.1. The van der Waals surface area contributed by atoms with Gasteiger partial charge in [-0.2, -0.15) is 0 Å². The van der Waals surface area contributed by atoms with Crippen LogP contribution in [0, 0.1) is 11.3 Å². The van der Waals surface area contributed by atoms with Gasteiger partial charge in [0.2, 0.25) is 0 Å². The summed E-state index contributed by atoms with van der Waals surface area (Å²) in [6.45, 7) is 2.37. The zero-order chi connectivity index (χ0) is 7.90. The predicted molar refractivity (Wildman–Crippen MR) is 44.3 cm³/mol. The van der Waals surface area contributed by atoms with Crippen LogP contribution in [0.5, 0.6) is 0 Å². The zero-order valence-corrected chi connectivity index (χ0v) is 7.23. The fraction of sp³-hybridized carbons (Fsp3) is 0.900. The standard InChI is InChI=1S/C10H16O/c1-10-5-2-3-8(10)7-9(11)4-6-10/h8H,2-7H2,1H3/t8-,10+/m0/s1. The number of carbonyl (C=O) groups excluding carboxylic acids is 1. The van der Waals surface area contributed by atoms with E-state index in [0.717, 1.165) is 25.2 Å². The quantitative estimate of drug-likeness (QED) is 0.521. The van der Waals surface area contributed by atoms with E-state index in [0.29, 0.717) is 11.2 Å². The molecule has 2 aliphatic carbocycles.